The summed E-state index contributed by atoms with van der Waals surface area (Å²) in [4.78, 5) is 41.0. The lowest BCUT2D eigenvalue weighted by Crippen LogP contribution is -2.68. The monoisotopic (exact) mass is 1240 g/mol. The molecule has 0 aromatic carbocycles. The molecule has 0 bridgehead atoms. The molecule has 9 N–H and O–H groups in total. The molecule has 6 saturated heterocycles. The van der Waals surface area contributed by atoms with Gasteiger partial charge in [0.1, 0.15) is 79.4 Å². The topological polar surface area (TPSA) is 353 Å². The second kappa shape index (κ2) is 36.0. The fourth-order valence-electron chi connectivity index (χ4n) is 12.0. The van der Waals surface area contributed by atoms with E-state index in [1.54, 1.807) is 20.8 Å². The van der Waals surface area contributed by atoms with Gasteiger partial charge in [-0.3, -0.25) is 14.4 Å². The van der Waals surface area contributed by atoms with Crippen molar-refractivity contribution in [1.82, 2.24) is 0 Å². The fraction of sp³-hybridized carbons (Fsp3) is 0.951. The summed E-state index contributed by atoms with van der Waals surface area (Å²) in [7, 11) is 0. The smallest absolute Gasteiger partial charge is 0.309 e. The number of fused-ring (bicyclic) bond motifs is 2. The standard InChI is InChI=1S/C61H106O25/c1-9-12-14-15-17-21-26-30-40(64)81-55-54(86-58-46(70)43(67)42(66)38(31-62)79-58)51(84-57-47(71)45(69)49(34(6)75-57)82-56(73)32(4)11-3)36(8)77-61(55)83-50-35(7)76-60-53(48(50)72)80-39(63)29-25-22-19-16-18-20-24-28-37(27-23-13-10-2)78-59-52(85-60)44(68)41(65)33(5)74-59/h32-38,41-55,57-62,65-72H,9-31H2,1-8H3. The van der Waals surface area contributed by atoms with Gasteiger partial charge in [-0.15, -0.1) is 0 Å². The number of aliphatic hydroxyl groups excluding tert-OH is 9. The van der Waals surface area contributed by atoms with E-state index in [0.717, 1.165) is 89.9 Å². The summed E-state index contributed by atoms with van der Waals surface area (Å²) in [5.41, 5.74) is 0. The van der Waals surface area contributed by atoms with E-state index in [1.807, 2.05) is 0 Å². The average Bonchev–Trinajstić information content (AvgIpc) is 0.943. The number of aliphatic hydroxyl groups is 9. The van der Waals surface area contributed by atoms with Crippen LogP contribution in [0.2, 0.25) is 0 Å². The molecule has 6 aliphatic rings. The van der Waals surface area contributed by atoms with E-state index >= 15 is 0 Å². The predicted octanol–water partition coefficient (Wildman–Crippen LogP) is 3.52. The van der Waals surface area contributed by atoms with Crippen molar-refractivity contribution in [2.75, 3.05) is 6.61 Å². The maximum atomic E-state index is 14.3. The zero-order valence-electron chi connectivity index (χ0n) is 51.9. The van der Waals surface area contributed by atoms with Crippen LogP contribution in [0.1, 0.15) is 197 Å². The van der Waals surface area contributed by atoms with E-state index in [-0.39, 0.29) is 18.9 Å². The lowest BCUT2D eigenvalue weighted by atomic mass is 9.95. The van der Waals surface area contributed by atoms with Crippen molar-refractivity contribution in [3.8, 4) is 0 Å². The van der Waals surface area contributed by atoms with Crippen LogP contribution in [-0.4, -0.2) is 230 Å². The largest absolute Gasteiger partial charge is 0.457 e. The first-order chi connectivity index (χ1) is 41.1. The zero-order chi connectivity index (χ0) is 62.8. The average molecular weight is 1240 g/mol. The van der Waals surface area contributed by atoms with Crippen LogP contribution in [0.25, 0.3) is 0 Å². The summed E-state index contributed by atoms with van der Waals surface area (Å²) in [6.45, 7) is 12.9. The fourth-order valence-corrected chi connectivity index (χ4v) is 12.0. The van der Waals surface area contributed by atoms with E-state index in [1.165, 1.54) is 20.8 Å². The molecule has 25 heteroatoms. The molecule has 6 rings (SSSR count). The van der Waals surface area contributed by atoms with Crippen molar-refractivity contribution in [3.05, 3.63) is 0 Å². The number of carbonyl (C=O) groups excluding carboxylic acids is 3. The molecule has 0 amide bonds. The van der Waals surface area contributed by atoms with E-state index in [9.17, 15) is 60.3 Å². The van der Waals surface area contributed by atoms with Crippen LogP contribution in [-0.2, 0) is 76.0 Å². The van der Waals surface area contributed by atoms with Gasteiger partial charge < -0.3 is 108 Å². The van der Waals surface area contributed by atoms with Crippen LogP contribution in [0.5, 0.6) is 0 Å². The molecule has 6 fully saturated rings. The van der Waals surface area contributed by atoms with E-state index in [4.69, 9.17) is 61.6 Å². The van der Waals surface area contributed by atoms with Crippen LogP contribution in [0.4, 0.5) is 0 Å². The minimum Gasteiger partial charge on any atom is -0.457 e. The number of hydrogen-bond donors (Lipinski definition) is 9. The van der Waals surface area contributed by atoms with E-state index in [0.29, 0.717) is 38.5 Å². The third-order valence-electron chi connectivity index (χ3n) is 17.7. The van der Waals surface area contributed by atoms with Crippen molar-refractivity contribution in [1.29, 1.82) is 0 Å². The number of esters is 3. The molecule has 27 unspecified atom stereocenters. The molecule has 0 spiro atoms. The molecule has 6 aliphatic heterocycles. The highest BCUT2D eigenvalue weighted by Gasteiger charge is 2.59. The van der Waals surface area contributed by atoms with Gasteiger partial charge in [0.05, 0.1) is 43.0 Å². The Balaban J connectivity index is 1.36. The molecule has 0 aromatic heterocycles. The first kappa shape index (κ1) is 72.7. The van der Waals surface area contributed by atoms with Crippen LogP contribution < -0.4 is 0 Å². The summed E-state index contributed by atoms with van der Waals surface area (Å²) in [6, 6.07) is 0. The van der Waals surface area contributed by atoms with Gasteiger partial charge in [-0.25, -0.2) is 0 Å². The first-order valence-corrected chi connectivity index (χ1v) is 32.3. The van der Waals surface area contributed by atoms with Crippen molar-refractivity contribution in [2.24, 2.45) is 5.92 Å². The Morgan fingerprint density at radius 1 is 0.500 bits per heavy atom. The highest BCUT2D eigenvalue weighted by atomic mass is 16.8. The summed E-state index contributed by atoms with van der Waals surface area (Å²) in [5.74, 6) is -2.66. The lowest BCUT2D eigenvalue weighted by Gasteiger charge is -2.51. The van der Waals surface area contributed by atoms with Crippen LogP contribution >= 0.6 is 0 Å². The van der Waals surface area contributed by atoms with Gasteiger partial charge in [-0.2, -0.15) is 0 Å². The Hall–Kier alpha value is -2.35. The minimum absolute atomic E-state index is 0.0367. The third kappa shape index (κ3) is 19.8. The van der Waals surface area contributed by atoms with Crippen molar-refractivity contribution < 1.29 is 122 Å². The van der Waals surface area contributed by atoms with Gasteiger partial charge in [0.2, 0.25) is 0 Å². The number of carbonyl (C=O) groups is 3. The zero-order valence-corrected chi connectivity index (χ0v) is 51.9. The number of hydrogen-bond acceptors (Lipinski definition) is 25. The van der Waals surface area contributed by atoms with Crippen molar-refractivity contribution in [3.63, 3.8) is 0 Å². The van der Waals surface area contributed by atoms with Gasteiger partial charge in [0.25, 0.3) is 0 Å². The van der Waals surface area contributed by atoms with Crippen molar-refractivity contribution >= 4 is 17.9 Å². The summed E-state index contributed by atoms with van der Waals surface area (Å²) < 4.78 is 81.9. The quantitative estimate of drug-likeness (QED) is 0.0401. The van der Waals surface area contributed by atoms with Crippen LogP contribution in [0.3, 0.4) is 0 Å². The number of ether oxygens (including phenoxy) is 13. The Morgan fingerprint density at radius 3 is 1.74 bits per heavy atom. The SMILES string of the molecule is CCCCCCCCCC(=O)OC1C(OC2C(C)OC3OC4C(OC(CCCCC)CCCCCCCCCC(=O)OC3C2O)OC(C)C(O)C4O)OC(C)C(OC2OC(C)C(OC(=O)C(C)CC)C(O)C2O)C1OC1OC(CO)C(O)C(O)C1O. The molecular formula is C61H106O25. The number of unbranched alkanes of at least 4 members (excludes halogenated alkanes) is 8. The Morgan fingerprint density at radius 2 is 1.06 bits per heavy atom. The highest BCUT2D eigenvalue weighted by Crippen LogP contribution is 2.39. The molecular weight excluding hydrogens is 1130 g/mol. The van der Waals surface area contributed by atoms with Gasteiger partial charge in [0.15, 0.2) is 49.8 Å². The molecule has 500 valence electrons. The van der Waals surface area contributed by atoms with Gasteiger partial charge in [0, 0.05) is 12.8 Å². The Kier molecular flexibility index (Phi) is 30.5. The first-order valence-electron chi connectivity index (χ1n) is 32.3. The Bertz CT molecular complexity index is 1970. The minimum atomic E-state index is -2.01. The lowest BCUT2D eigenvalue weighted by molar-refractivity contribution is -0.400. The van der Waals surface area contributed by atoms with Crippen molar-refractivity contribution in [2.45, 2.75) is 356 Å². The predicted molar refractivity (Wildman–Crippen MR) is 303 cm³/mol. The summed E-state index contributed by atoms with van der Waals surface area (Å²) in [6.07, 6.45) is -23.4. The maximum absolute atomic E-state index is 14.3. The molecule has 25 nitrogen and oxygen atoms in total. The number of rotatable bonds is 23. The Labute approximate surface area is 507 Å². The molecule has 6 heterocycles. The molecule has 0 aliphatic carbocycles. The summed E-state index contributed by atoms with van der Waals surface area (Å²) >= 11 is 0. The van der Waals surface area contributed by atoms with Gasteiger partial charge in [-0.05, 0) is 59.8 Å². The maximum Gasteiger partial charge on any atom is 0.309 e. The van der Waals surface area contributed by atoms with Crippen LogP contribution in [0, 0.1) is 5.92 Å². The molecule has 0 aromatic rings. The third-order valence-corrected chi connectivity index (χ3v) is 17.7. The second-order valence-electron chi connectivity index (χ2n) is 24.6. The van der Waals surface area contributed by atoms with Crippen LogP contribution in [0.15, 0.2) is 0 Å². The molecule has 86 heavy (non-hydrogen) atoms. The van der Waals surface area contributed by atoms with Gasteiger partial charge >= 0.3 is 17.9 Å². The highest BCUT2D eigenvalue weighted by molar-refractivity contribution is 5.72. The normalized spacial score (nSPS) is 42.0. The second-order valence-corrected chi connectivity index (χ2v) is 24.6. The van der Waals surface area contributed by atoms with E-state index in [2.05, 4.69) is 13.8 Å². The summed E-state index contributed by atoms with van der Waals surface area (Å²) in [5, 5.41) is 102. The molecule has 27 atom stereocenters. The van der Waals surface area contributed by atoms with Gasteiger partial charge in [-0.1, -0.05) is 124 Å². The molecule has 0 saturated carbocycles. The molecule has 0 radical (unpaired) electrons. The van der Waals surface area contributed by atoms with E-state index < -0.39 is 184 Å².